The van der Waals surface area contributed by atoms with Crippen LogP contribution < -0.4 is 9.80 Å². The molecule has 2 aliphatic rings. The van der Waals surface area contributed by atoms with Crippen molar-refractivity contribution in [3.8, 4) is 0 Å². The summed E-state index contributed by atoms with van der Waals surface area (Å²) in [6, 6.07) is 14.8. The van der Waals surface area contributed by atoms with Crippen LogP contribution in [-0.4, -0.2) is 39.8 Å². The maximum Gasteiger partial charge on any atom is 0.332 e. The van der Waals surface area contributed by atoms with Gasteiger partial charge in [0.25, 0.3) is 5.91 Å². The van der Waals surface area contributed by atoms with Crippen LogP contribution in [-0.2, 0) is 21.5 Å². The van der Waals surface area contributed by atoms with Crippen LogP contribution in [0.2, 0.25) is 0 Å². The van der Waals surface area contributed by atoms with Gasteiger partial charge in [-0.2, -0.15) is 0 Å². The molecule has 7 nitrogen and oxygen atoms in total. The maximum absolute atomic E-state index is 13.7. The quantitative estimate of drug-likeness (QED) is 0.539. The number of nitrogens with zero attached hydrogens (tertiary/aromatic N) is 4. The van der Waals surface area contributed by atoms with Crippen molar-refractivity contribution in [1.82, 2.24) is 9.88 Å². The van der Waals surface area contributed by atoms with E-state index in [1.807, 2.05) is 36.4 Å². The summed E-state index contributed by atoms with van der Waals surface area (Å²) < 4.78 is 0. The number of carbonyl (C=O) groups is 3. The molecular formula is C27H28N4O3. The Morgan fingerprint density at radius 1 is 1.03 bits per heavy atom. The lowest BCUT2D eigenvalue weighted by Crippen LogP contribution is -2.43. The van der Waals surface area contributed by atoms with Crippen LogP contribution >= 0.6 is 0 Å². The number of rotatable bonds is 3. The first-order valence-corrected chi connectivity index (χ1v) is 11.4. The molecule has 7 heteroatoms. The highest BCUT2D eigenvalue weighted by Crippen LogP contribution is 2.44. The van der Waals surface area contributed by atoms with Crippen molar-refractivity contribution < 1.29 is 14.4 Å². The average Bonchev–Trinajstić information content (AvgIpc) is 3.16. The molecule has 34 heavy (non-hydrogen) atoms. The van der Waals surface area contributed by atoms with Crippen molar-refractivity contribution in [2.45, 2.75) is 52.1 Å². The smallest absolute Gasteiger partial charge is 0.311 e. The first-order valence-electron chi connectivity index (χ1n) is 11.4. The van der Waals surface area contributed by atoms with E-state index in [2.05, 4.69) is 18.8 Å². The van der Waals surface area contributed by atoms with Gasteiger partial charge in [0.1, 0.15) is 5.54 Å². The Bertz CT molecular complexity index is 1360. The number of aromatic nitrogens is 1. The Morgan fingerprint density at radius 3 is 2.50 bits per heavy atom. The zero-order chi connectivity index (χ0) is 24.4. The third-order valence-electron chi connectivity index (χ3n) is 7.08. The first-order chi connectivity index (χ1) is 16.0. The zero-order valence-electron chi connectivity index (χ0n) is 20.1. The number of fused-ring (bicyclic) bond motifs is 2. The van der Waals surface area contributed by atoms with E-state index >= 15 is 0 Å². The summed E-state index contributed by atoms with van der Waals surface area (Å²) >= 11 is 0. The van der Waals surface area contributed by atoms with Crippen LogP contribution in [0.1, 0.15) is 45.7 Å². The molecule has 4 amide bonds. The molecule has 2 aromatic carbocycles. The highest BCUT2D eigenvalue weighted by molar-refractivity contribution is 6.23. The Hall–Kier alpha value is -3.74. The maximum atomic E-state index is 13.7. The van der Waals surface area contributed by atoms with Gasteiger partial charge in [-0.05, 0) is 49.2 Å². The number of pyridine rings is 1. The van der Waals surface area contributed by atoms with E-state index < -0.39 is 5.54 Å². The predicted molar refractivity (Wildman–Crippen MR) is 132 cm³/mol. The minimum absolute atomic E-state index is 0.0606. The lowest BCUT2D eigenvalue weighted by molar-refractivity contribution is -0.123. The molecular weight excluding hydrogens is 428 g/mol. The standard InChI is InChI=1S/C27H28N4O3/c1-17(32)29-16-26(2,3)21-11-10-19(14-23(21)29)31-24(33)27(4,5)30(25(31)34)15-18-12-13-28-22-9-7-6-8-20(18)22/h6-14H,15-16H2,1-5H3. The molecule has 3 heterocycles. The third-order valence-corrected chi connectivity index (χ3v) is 7.08. The van der Waals surface area contributed by atoms with E-state index in [4.69, 9.17) is 0 Å². The summed E-state index contributed by atoms with van der Waals surface area (Å²) in [4.78, 5) is 48.4. The van der Waals surface area contributed by atoms with Crippen LogP contribution in [0.3, 0.4) is 0 Å². The van der Waals surface area contributed by atoms with E-state index in [1.165, 1.54) is 11.8 Å². The van der Waals surface area contributed by atoms with Crippen molar-refractivity contribution in [2.75, 3.05) is 16.3 Å². The fourth-order valence-electron chi connectivity index (χ4n) is 5.09. The van der Waals surface area contributed by atoms with Gasteiger partial charge >= 0.3 is 6.03 Å². The molecule has 0 saturated carbocycles. The second kappa shape index (κ2) is 7.38. The summed E-state index contributed by atoms with van der Waals surface area (Å²) in [7, 11) is 0. The van der Waals surface area contributed by atoms with Gasteiger partial charge in [0.2, 0.25) is 5.91 Å². The van der Waals surface area contributed by atoms with Gasteiger partial charge in [0, 0.05) is 42.7 Å². The van der Waals surface area contributed by atoms with E-state index in [0.717, 1.165) is 27.7 Å². The molecule has 1 fully saturated rings. The Morgan fingerprint density at radius 2 is 1.76 bits per heavy atom. The summed E-state index contributed by atoms with van der Waals surface area (Å²) in [6.45, 7) is 10.1. The number of benzene rings is 2. The average molecular weight is 457 g/mol. The van der Waals surface area contributed by atoms with E-state index in [9.17, 15) is 14.4 Å². The minimum Gasteiger partial charge on any atom is -0.311 e. The zero-order valence-corrected chi connectivity index (χ0v) is 20.1. The van der Waals surface area contributed by atoms with Gasteiger partial charge in [0.05, 0.1) is 11.2 Å². The number of hydrogen-bond acceptors (Lipinski definition) is 4. The van der Waals surface area contributed by atoms with E-state index in [-0.39, 0.29) is 29.8 Å². The largest absolute Gasteiger partial charge is 0.332 e. The molecule has 174 valence electrons. The highest BCUT2D eigenvalue weighted by Gasteiger charge is 2.52. The van der Waals surface area contributed by atoms with E-state index in [0.29, 0.717) is 12.2 Å². The van der Waals surface area contributed by atoms with E-state index in [1.54, 1.807) is 42.0 Å². The Kier molecular flexibility index (Phi) is 4.79. The van der Waals surface area contributed by atoms with Gasteiger partial charge in [-0.3, -0.25) is 14.6 Å². The molecule has 0 N–H and O–H groups in total. The SMILES string of the molecule is CC(=O)N1CC(C)(C)c2ccc(N3C(=O)N(Cc4ccnc5ccccc45)C(C)(C)C3=O)cc21. The molecule has 0 unspecified atom stereocenters. The van der Waals surface area contributed by atoms with Crippen molar-refractivity contribution >= 4 is 40.1 Å². The molecule has 0 aliphatic carbocycles. The lowest BCUT2D eigenvalue weighted by atomic mass is 9.87. The van der Waals surface area contributed by atoms with Gasteiger partial charge in [-0.15, -0.1) is 0 Å². The van der Waals surface area contributed by atoms with Gasteiger partial charge in [0.15, 0.2) is 0 Å². The van der Waals surface area contributed by atoms with Crippen molar-refractivity contribution in [2.24, 2.45) is 0 Å². The van der Waals surface area contributed by atoms with Crippen molar-refractivity contribution in [1.29, 1.82) is 0 Å². The fraction of sp³-hybridized carbons (Fsp3) is 0.333. The lowest BCUT2D eigenvalue weighted by Gasteiger charge is -2.28. The van der Waals surface area contributed by atoms with Crippen molar-refractivity contribution in [3.05, 3.63) is 65.9 Å². The molecule has 0 bridgehead atoms. The second-order valence-electron chi connectivity index (χ2n) is 10.2. The first kappa shape index (κ1) is 22.1. The number of urea groups is 1. The summed E-state index contributed by atoms with van der Waals surface area (Å²) in [5.41, 5.74) is 2.81. The molecule has 0 radical (unpaired) electrons. The van der Waals surface area contributed by atoms with Gasteiger partial charge in [-0.25, -0.2) is 9.69 Å². The second-order valence-corrected chi connectivity index (χ2v) is 10.2. The number of carbonyl (C=O) groups excluding carboxylic acids is 3. The molecule has 2 aliphatic heterocycles. The highest BCUT2D eigenvalue weighted by atomic mass is 16.2. The van der Waals surface area contributed by atoms with Crippen LogP contribution in [0, 0.1) is 0 Å². The molecule has 0 atom stereocenters. The van der Waals surface area contributed by atoms with Gasteiger partial charge in [-0.1, -0.05) is 38.1 Å². The summed E-state index contributed by atoms with van der Waals surface area (Å²) in [5, 5.41) is 0.955. The predicted octanol–water partition coefficient (Wildman–Crippen LogP) is 4.63. The minimum atomic E-state index is -1.03. The van der Waals surface area contributed by atoms with Crippen LogP contribution in [0.4, 0.5) is 16.2 Å². The number of hydrogen-bond donors (Lipinski definition) is 0. The van der Waals surface area contributed by atoms with Crippen molar-refractivity contribution in [3.63, 3.8) is 0 Å². The number of amides is 4. The van der Waals surface area contributed by atoms with Crippen LogP contribution in [0.15, 0.2) is 54.7 Å². The summed E-state index contributed by atoms with van der Waals surface area (Å²) in [6.07, 6.45) is 1.73. The molecule has 1 aromatic heterocycles. The topological polar surface area (TPSA) is 73.8 Å². The molecule has 0 spiro atoms. The Balaban J connectivity index is 1.54. The third kappa shape index (κ3) is 3.18. The molecule has 1 saturated heterocycles. The normalized spacial score (nSPS) is 18.7. The van der Waals surface area contributed by atoms with Crippen LogP contribution in [0.5, 0.6) is 0 Å². The number of imide groups is 1. The summed E-state index contributed by atoms with van der Waals surface area (Å²) in [5.74, 6) is -0.350. The Labute approximate surface area is 199 Å². The molecule has 3 aromatic rings. The molecule has 5 rings (SSSR count). The fourth-order valence-corrected chi connectivity index (χ4v) is 5.09. The number of para-hydroxylation sites is 1. The monoisotopic (exact) mass is 456 g/mol. The van der Waals surface area contributed by atoms with Crippen LogP contribution in [0.25, 0.3) is 10.9 Å². The van der Waals surface area contributed by atoms with Gasteiger partial charge < -0.3 is 9.80 Å². The number of anilines is 2.